The molecule has 8 N–H and O–H groups in total. The molecule has 7 rings (SSSR count). The number of aryl methyl sites for hydroxylation is 4. The third kappa shape index (κ3) is 8.63. The van der Waals surface area contributed by atoms with Crippen LogP contribution in [0.3, 0.4) is 0 Å². The van der Waals surface area contributed by atoms with Crippen LogP contribution in [-0.2, 0) is 39.0 Å². The molecule has 0 atom stereocenters. The van der Waals surface area contributed by atoms with Gasteiger partial charge in [0.2, 0.25) is 0 Å². The van der Waals surface area contributed by atoms with E-state index in [2.05, 4.69) is 31.5 Å². The van der Waals surface area contributed by atoms with Crippen molar-refractivity contribution >= 4 is 57.3 Å². The number of amides is 6. The lowest BCUT2D eigenvalue weighted by atomic mass is 10.0. The Kier molecular flexibility index (Phi) is 12.7. The molecular weight excluding hydrogens is 765 g/mol. The van der Waals surface area contributed by atoms with Gasteiger partial charge in [-0.15, -0.1) is 0 Å². The van der Waals surface area contributed by atoms with E-state index in [1.165, 1.54) is 0 Å². The number of piperidine rings is 2. The number of hydrogen-bond donors (Lipinski definition) is 6. The molecule has 0 saturated carbocycles. The van der Waals surface area contributed by atoms with E-state index in [0.29, 0.717) is 63.2 Å². The summed E-state index contributed by atoms with van der Waals surface area (Å²) in [5, 5.41) is 24.5. The Labute approximate surface area is 348 Å². The number of anilines is 2. The highest BCUT2D eigenvalue weighted by Gasteiger charge is 2.27. The number of urea groups is 2. The van der Waals surface area contributed by atoms with Crippen molar-refractivity contribution < 1.29 is 19.2 Å². The molecule has 0 radical (unpaired) electrons. The fourth-order valence-corrected chi connectivity index (χ4v) is 8.32. The number of hydrogen-bond acceptors (Lipinski definition) is 10. The fraction of sp³-hybridized carbons (Fsp3) is 0.476. The minimum Gasteiger partial charge on any atom is -0.381 e. The van der Waals surface area contributed by atoms with E-state index in [1.54, 1.807) is 34.1 Å². The summed E-state index contributed by atoms with van der Waals surface area (Å²) in [6.45, 7) is 12.1. The number of nitrogens with zero attached hydrogens (tertiary/aromatic N) is 8. The zero-order valence-corrected chi connectivity index (χ0v) is 34.9. The number of likely N-dealkylation sites (tertiary alicyclic amines) is 2. The zero-order chi connectivity index (χ0) is 42.5. The minimum absolute atomic E-state index is 0.0950. The molecule has 5 aromatic rings. The Morgan fingerprint density at radius 2 is 0.983 bits per heavy atom. The summed E-state index contributed by atoms with van der Waals surface area (Å²) in [5.74, 6) is -0.572. The summed E-state index contributed by atoms with van der Waals surface area (Å²) in [5.41, 5.74) is 18.7. The summed E-state index contributed by atoms with van der Waals surface area (Å²) in [6, 6.07) is 5.97. The first-order chi connectivity index (χ1) is 29.0. The summed E-state index contributed by atoms with van der Waals surface area (Å²) in [6.07, 6.45) is 7.85. The summed E-state index contributed by atoms with van der Waals surface area (Å²) in [7, 11) is 0. The van der Waals surface area contributed by atoms with Gasteiger partial charge in [-0.05, 0) is 76.6 Å². The van der Waals surface area contributed by atoms with E-state index in [1.807, 2.05) is 49.5 Å². The van der Waals surface area contributed by atoms with Crippen LogP contribution < -0.4 is 32.7 Å². The molecule has 0 aliphatic carbocycles. The second-order valence-electron chi connectivity index (χ2n) is 15.4. The molecule has 2 saturated heterocycles. The molecule has 18 heteroatoms. The molecule has 318 valence electrons. The van der Waals surface area contributed by atoms with Crippen molar-refractivity contribution in [2.75, 3.05) is 36.8 Å². The molecule has 0 bridgehead atoms. The molecule has 2 aliphatic heterocycles. The lowest BCUT2D eigenvalue weighted by Crippen LogP contribution is -2.44. The Morgan fingerprint density at radius 3 is 1.30 bits per heavy atom. The van der Waals surface area contributed by atoms with E-state index < -0.39 is 12.1 Å². The first kappa shape index (κ1) is 41.7. The maximum Gasteiger partial charge on any atom is 0.314 e. The van der Waals surface area contributed by atoms with Crippen molar-refractivity contribution in [2.24, 2.45) is 11.5 Å². The highest BCUT2D eigenvalue weighted by Crippen LogP contribution is 2.33. The molecule has 18 nitrogen and oxygen atoms in total. The fourth-order valence-electron chi connectivity index (χ4n) is 8.32. The molecule has 60 heavy (non-hydrogen) atoms. The van der Waals surface area contributed by atoms with E-state index in [4.69, 9.17) is 21.4 Å². The van der Waals surface area contributed by atoms with E-state index in [-0.39, 0.29) is 37.0 Å². The quantitative estimate of drug-likeness (QED) is 0.0938. The lowest BCUT2D eigenvalue weighted by Gasteiger charge is -2.32. The summed E-state index contributed by atoms with van der Waals surface area (Å²) in [4.78, 5) is 64.0. The Bertz CT molecular complexity index is 2210. The smallest absolute Gasteiger partial charge is 0.314 e. The largest absolute Gasteiger partial charge is 0.381 e. The van der Waals surface area contributed by atoms with Crippen LogP contribution in [0.25, 0.3) is 22.1 Å². The van der Waals surface area contributed by atoms with Crippen molar-refractivity contribution in [3.63, 3.8) is 0 Å². The normalized spacial score (nSPS) is 15.1. The Balaban J connectivity index is 1.05. The lowest BCUT2D eigenvalue weighted by molar-refractivity contribution is 0.0939. The first-order valence-corrected chi connectivity index (χ1v) is 21.1. The number of nitrogens with two attached hydrogens (primary N) is 2. The highest BCUT2D eigenvalue weighted by molar-refractivity contribution is 5.99. The number of nitrogens with one attached hydrogen (secondary N) is 4. The third-order valence-electron chi connectivity index (χ3n) is 11.8. The Hall–Kier alpha value is -6.46. The van der Waals surface area contributed by atoms with Gasteiger partial charge in [-0.2, -0.15) is 10.2 Å². The molecular formula is C42H56N14O4. The maximum absolute atomic E-state index is 13.6. The number of fused-ring (bicyclic) bond motifs is 2. The molecule has 6 amide bonds. The van der Waals surface area contributed by atoms with Gasteiger partial charge in [-0.3, -0.25) is 9.59 Å². The van der Waals surface area contributed by atoms with Gasteiger partial charge in [0, 0.05) is 98.1 Å². The number of aromatic nitrogens is 6. The first-order valence-electron chi connectivity index (χ1n) is 21.1. The average Bonchev–Trinajstić information content (AvgIpc) is 3.89. The molecule has 4 aromatic heterocycles. The number of carbonyl (C=O) groups is 4. The topological polar surface area (TPSA) is 236 Å². The van der Waals surface area contributed by atoms with Gasteiger partial charge >= 0.3 is 12.1 Å². The van der Waals surface area contributed by atoms with Crippen LogP contribution in [0.15, 0.2) is 36.7 Å². The number of carbonyl (C=O) groups excluding carboxylic acids is 4. The third-order valence-corrected chi connectivity index (χ3v) is 11.8. The van der Waals surface area contributed by atoms with Crippen LogP contribution in [0.5, 0.6) is 0 Å². The molecule has 2 fully saturated rings. The van der Waals surface area contributed by atoms with Crippen molar-refractivity contribution in [1.29, 1.82) is 0 Å². The predicted molar refractivity (Wildman–Crippen MR) is 230 cm³/mol. The van der Waals surface area contributed by atoms with Crippen LogP contribution in [0, 0.1) is 0 Å². The van der Waals surface area contributed by atoms with Gasteiger partial charge in [0.05, 0.1) is 34.5 Å². The molecule has 1 aromatic carbocycles. The average molecular weight is 821 g/mol. The van der Waals surface area contributed by atoms with Crippen LogP contribution in [0.4, 0.5) is 21.0 Å². The molecule has 0 unspecified atom stereocenters. The van der Waals surface area contributed by atoms with Gasteiger partial charge in [0.25, 0.3) is 11.8 Å². The number of benzene rings is 1. The standard InChI is InChI=1S/C42H56N14O4/c1-5-33-29(35(31-23-47-55(7-3)37(31)51-33)49-27-13-17-53(18-14-27)41(43)59)21-45-39(57)25-9-11-26(12-10-25)40(58)46-22-30-34(6-2)52-38-32(24-48-56(38)8-4)36(30)50-28-15-19-54(20-16-28)42(44)60/h9-12,23-24,27-28H,5-8,13-22H2,1-4H3,(H2,43,59)(H2,44,60)(H,45,57)(H,46,58)(H,49,51)(H,50,52). The molecule has 2 aliphatic rings. The second-order valence-corrected chi connectivity index (χ2v) is 15.4. The van der Waals surface area contributed by atoms with Crippen LogP contribution in [-0.4, -0.2) is 101 Å². The number of rotatable bonds is 14. The van der Waals surface area contributed by atoms with Crippen LogP contribution >= 0.6 is 0 Å². The maximum atomic E-state index is 13.6. The predicted octanol–water partition coefficient (Wildman–Crippen LogP) is 4.11. The van der Waals surface area contributed by atoms with Gasteiger partial charge in [0.1, 0.15) is 0 Å². The SMILES string of the molecule is CCc1nc2c(cnn2CC)c(NC2CCN(C(N)=O)CC2)c1CNC(=O)c1ccc(C(=O)NCc2c(CC)nc3c(cnn3CC)c2NC2CCN(C(N)=O)CC2)cc1. The Morgan fingerprint density at radius 1 is 0.617 bits per heavy atom. The van der Waals surface area contributed by atoms with E-state index in [0.717, 1.165) is 81.6 Å². The van der Waals surface area contributed by atoms with E-state index in [9.17, 15) is 19.2 Å². The van der Waals surface area contributed by atoms with Crippen molar-refractivity contribution in [1.82, 2.24) is 50.0 Å². The number of primary amides is 2. The summed E-state index contributed by atoms with van der Waals surface area (Å²) >= 11 is 0. The summed E-state index contributed by atoms with van der Waals surface area (Å²) < 4.78 is 3.73. The van der Waals surface area contributed by atoms with E-state index >= 15 is 0 Å². The van der Waals surface area contributed by atoms with Crippen LogP contribution in [0.1, 0.15) is 96.6 Å². The number of pyridine rings is 2. The van der Waals surface area contributed by atoms with Crippen molar-refractivity contribution in [2.45, 2.75) is 104 Å². The van der Waals surface area contributed by atoms with Crippen molar-refractivity contribution in [3.05, 3.63) is 70.3 Å². The highest BCUT2D eigenvalue weighted by atomic mass is 16.2. The van der Waals surface area contributed by atoms with Gasteiger partial charge in [-0.1, -0.05) is 13.8 Å². The zero-order valence-electron chi connectivity index (χ0n) is 34.9. The molecule has 0 spiro atoms. The second kappa shape index (κ2) is 18.2. The van der Waals surface area contributed by atoms with Gasteiger partial charge in [0.15, 0.2) is 11.3 Å². The minimum atomic E-state index is -0.411. The van der Waals surface area contributed by atoms with Crippen molar-refractivity contribution in [3.8, 4) is 0 Å². The molecule has 6 heterocycles. The van der Waals surface area contributed by atoms with Gasteiger partial charge in [-0.25, -0.2) is 28.9 Å². The van der Waals surface area contributed by atoms with Crippen LogP contribution in [0.2, 0.25) is 0 Å². The van der Waals surface area contributed by atoms with Gasteiger partial charge < -0.3 is 42.5 Å². The monoisotopic (exact) mass is 820 g/mol.